The van der Waals surface area contributed by atoms with Crippen molar-refractivity contribution >= 4 is 11.8 Å². The van der Waals surface area contributed by atoms with Crippen LogP contribution < -0.4 is 0 Å². The second-order valence-corrected chi connectivity index (χ2v) is 6.47. The Bertz CT molecular complexity index is 839. The average molecular weight is 380 g/mol. The molecule has 0 N–H and O–H groups in total. The molecule has 1 aliphatic heterocycles. The highest BCUT2D eigenvalue weighted by Gasteiger charge is 2.32. The lowest BCUT2D eigenvalue weighted by Gasteiger charge is -2.35. The van der Waals surface area contributed by atoms with Crippen molar-refractivity contribution in [3.05, 3.63) is 53.3 Å². The lowest BCUT2D eigenvalue weighted by atomic mass is 10.1. The number of nitrogens with zero attached hydrogens (tertiary/aromatic N) is 4. The number of amides is 2. The molecule has 2 amide bonds. The van der Waals surface area contributed by atoms with Crippen LogP contribution in [0.2, 0.25) is 0 Å². The molecule has 1 aromatic carbocycles. The molecule has 1 aromatic heterocycles. The molecule has 1 aliphatic rings. The highest BCUT2D eigenvalue weighted by Crippen LogP contribution is 2.29. The van der Waals surface area contributed by atoms with Crippen molar-refractivity contribution in [1.29, 1.82) is 0 Å². The number of aryl methyl sites for hydroxylation is 1. The van der Waals surface area contributed by atoms with Crippen LogP contribution in [0.5, 0.6) is 0 Å². The van der Waals surface area contributed by atoms with Crippen LogP contribution in [0, 0.1) is 6.92 Å². The van der Waals surface area contributed by atoms with Crippen LogP contribution in [0.3, 0.4) is 0 Å². The van der Waals surface area contributed by atoms with E-state index in [0.29, 0.717) is 13.1 Å². The molecule has 0 aliphatic carbocycles. The van der Waals surface area contributed by atoms with Crippen molar-refractivity contribution in [2.45, 2.75) is 19.6 Å². The molecule has 9 heteroatoms. The maximum absolute atomic E-state index is 12.8. The van der Waals surface area contributed by atoms with Gasteiger partial charge in [-0.3, -0.25) is 14.3 Å². The van der Waals surface area contributed by atoms with Crippen LogP contribution in [0.25, 0.3) is 0 Å². The van der Waals surface area contributed by atoms with Crippen molar-refractivity contribution in [1.82, 2.24) is 19.6 Å². The third-order valence-electron chi connectivity index (χ3n) is 4.42. The summed E-state index contributed by atoms with van der Waals surface area (Å²) in [7, 11) is 0. The van der Waals surface area contributed by atoms with E-state index < -0.39 is 17.6 Å². The molecule has 2 heterocycles. The van der Waals surface area contributed by atoms with Crippen molar-refractivity contribution in [3.63, 3.8) is 0 Å². The number of rotatable bonds is 3. The van der Waals surface area contributed by atoms with Crippen LogP contribution in [-0.2, 0) is 17.5 Å². The Morgan fingerprint density at radius 1 is 1.11 bits per heavy atom. The summed E-state index contributed by atoms with van der Waals surface area (Å²) in [5.74, 6) is -0.569. The topological polar surface area (TPSA) is 58.4 Å². The molecule has 0 saturated carbocycles. The standard InChI is InChI=1S/C18H19F3N4O2/c1-13-10-22-25(11-13)12-16(26)23-5-7-24(8-6-23)17(27)14-3-2-4-15(9-14)18(19,20)21/h2-4,9-11H,5-8,12H2,1H3. The Labute approximate surface area is 154 Å². The Kier molecular flexibility index (Phi) is 5.20. The van der Waals surface area contributed by atoms with Gasteiger partial charge in [0.25, 0.3) is 5.91 Å². The first-order valence-electron chi connectivity index (χ1n) is 8.47. The monoisotopic (exact) mass is 380 g/mol. The molecule has 2 aromatic rings. The predicted molar refractivity (Wildman–Crippen MR) is 90.9 cm³/mol. The Morgan fingerprint density at radius 2 is 1.78 bits per heavy atom. The number of piperazine rings is 1. The first-order chi connectivity index (χ1) is 12.7. The molecule has 0 radical (unpaired) electrons. The minimum Gasteiger partial charge on any atom is -0.338 e. The number of carbonyl (C=O) groups excluding carboxylic acids is 2. The first kappa shape index (κ1) is 18.9. The van der Waals surface area contributed by atoms with Gasteiger partial charge in [-0.25, -0.2) is 0 Å². The normalized spacial score (nSPS) is 15.1. The minimum absolute atomic E-state index is 0.00313. The molecule has 0 spiro atoms. The molecule has 6 nitrogen and oxygen atoms in total. The maximum Gasteiger partial charge on any atom is 0.416 e. The third-order valence-corrected chi connectivity index (χ3v) is 4.42. The van der Waals surface area contributed by atoms with Crippen molar-refractivity contribution in [3.8, 4) is 0 Å². The van der Waals surface area contributed by atoms with Gasteiger partial charge in [-0.05, 0) is 30.7 Å². The summed E-state index contributed by atoms with van der Waals surface area (Å²) in [6.07, 6.45) is -1.06. The van der Waals surface area contributed by atoms with Gasteiger partial charge in [0.15, 0.2) is 0 Å². The van der Waals surface area contributed by atoms with Crippen LogP contribution in [0.15, 0.2) is 36.7 Å². The van der Waals surface area contributed by atoms with Crippen molar-refractivity contribution in [2.75, 3.05) is 26.2 Å². The zero-order valence-corrected chi connectivity index (χ0v) is 14.7. The van der Waals surface area contributed by atoms with E-state index in [0.717, 1.165) is 17.7 Å². The fourth-order valence-electron chi connectivity index (χ4n) is 2.96. The van der Waals surface area contributed by atoms with Gasteiger partial charge in [0.2, 0.25) is 5.91 Å². The first-order valence-corrected chi connectivity index (χ1v) is 8.47. The highest BCUT2D eigenvalue weighted by atomic mass is 19.4. The van der Waals surface area contributed by atoms with Crippen LogP contribution in [0.1, 0.15) is 21.5 Å². The smallest absolute Gasteiger partial charge is 0.338 e. The molecular formula is C18H19F3N4O2. The van der Waals surface area contributed by atoms with Gasteiger partial charge in [-0.2, -0.15) is 18.3 Å². The SMILES string of the molecule is Cc1cnn(CC(=O)N2CCN(C(=O)c3cccc(C(F)(F)F)c3)CC2)c1. The largest absolute Gasteiger partial charge is 0.416 e. The van der Waals surface area contributed by atoms with Gasteiger partial charge < -0.3 is 9.80 Å². The second-order valence-electron chi connectivity index (χ2n) is 6.47. The lowest BCUT2D eigenvalue weighted by molar-refractivity contribution is -0.137. The molecule has 27 heavy (non-hydrogen) atoms. The van der Waals surface area contributed by atoms with Crippen LogP contribution in [0.4, 0.5) is 13.2 Å². The number of halogens is 3. The summed E-state index contributed by atoms with van der Waals surface area (Å²) in [5, 5.41) is 4.07. The van der Waals surface area contributed by atoms with Gasteiger partial charge >= 0.3 is 6.18 Å². The van der Waals surface area contributed by atoms with E-state index in [1.165, 1.54) is 17.0 Å². The van der Waals surface area contributed by atoms with E-state index in [1.54, 1.807) is 22.0 Å². The van der Waals surface area contributed by atoms with E-state index in [2.05, 4.69) is 5.10 Å². The summed E-state index contributed by atoms with van der Waals surface area (Å²) in [6, 6.07) is 4.39. The summed E-state index contributed by atoms with van der Waals surface area (Å²) in [5.41, 5.74) is 0.104. The van der Waals surface area contributed by atoms with Crippen molar-refractivity contribution < 1.29 is 22.8 Å². The number of carbonyl (C=O) groups is 2. The number of hydrogen-bond donors (Lipinski definition) is 0. The van der Waals surface area contributed by atoms with Gasteiger partial charge in [0, 0.05) is 37.9 Å². The Hall–Kier alpha value is -2.84. The molecule has 1 fully saturated rings. The van der Waals surface area contributed by atoms with E-state index in [9.17, 15) is 22.8 Å². The number of alkyl halides is 3. The highest BCUT2D eigenvalue weighted by molar-refractivity contribution is 5.94. The molecule has 0 bridgehead atoms. The van der Waals surface area contributed by atoms with Gasteiger partial charge in [0.05, 0.1) is 11.8 Å². The Balaban J connectivity index is 1.58. The zero-order chi connectivity index (χ0) is 19.6. The molecule has 3 rings (SSSR count). The van der Waals surface area contributed by atoms with Gasteiger partial charge in [-0.15, -0.1) is 0 Å². The minimum atomic E-state index is -4.49. The summed E-state index contributed by atoms with van der Waals surface area (Å²) in [4.78, 5) is 27.9. The quantitative estimate of drug-likeness (QED) is 0.820. The number of hydrogen-bond acceptors (Lipinski definition) is 3. The summed E-state index contributed by atoms with van der Waals surface area (Å²) in [6.45, 7) is 3.23. The van der Waals surface area contributed by atoms with E-state index >= 15 is 0 Å². The Morgan fingerprint density at radius 3 is 2.37 bits per heavy atom. The van der Waals surface area contributed by atoms with E-state index in [1.807, 2.05) is 6.92 Å². The van der Waals surface area contributed by atoms with Gasteiger partial charge in [-0.1, -0.05) is 6.07 Å². The molecule has 1 saturated heterocycles. The molecule has 144 valence electrons. The second kappa shape index (κ2) is 7.42. The predicted octanol–water partition coefficient (Wildman–Crippen LogP) is 2.19. The molecular weight excluding hydrogens is 361 g/mol. The third kappa shape index (κ3) is 4.47. The van der Waals surface area contributed by atoms with Gasteiger partial charge in [0.1, 0.15) is 6.54 Å². The lowest BCUT2D eigenvalue weighted by Crippen LogP contribution is -2.51. The number of aromatic nitrogens is 2. The van der Waals surface area contributed by atoms with E-state index in [-0.39, 0.29) is 31.1 Å². The number of benzene rings is 1. The summed E-state index contributed by atoms with van der Waals surface area (Å²) < 4.78 is 40.0. The molecule has 0 atom stereocenters. The fraction of sp³-hybridized carbons (Fsp3) is 0.389. The van der Waals surface area contributed by atoms with Crippen LogP contribution >= 0.6 is 0 Å². The maximum atomic E-state index is 12.8. The molecule has 0 unspecified atom stereocenters. The fourth-order valence-corrected chi connectivity index (χ4v) is 2.96. The average Bonchev–Trinajstić information content (AvgIpc) is 3.05. The van der Waals surface area contributed by atoms with Crippen LogP contribution in [-0.4, -0.2) is 57.6 Å². The summed E-state index contributed by atoms with van der Waals surface area (Å²) >= 11 is 0. The zero-order valence-electron chi connectivity index (χ0n) is 14.7. The van der Waals surface area contributed by atoms with E-state index in [4.69, 9.17) is 0 Å². The van der Waals surface area contributed by atoms with Crippen molar-refractivity contribution in [2.24, 2.45) is 0 Å².